The second-order valence-electron chi connectivity index (χ2n) is 4.81. The molecule has 2 rings (SSSR count). The molecule has 0 spiro atoms. The Morgan fingerprint density at radius 2 is 2.00 bits per heavy atom. The summed E-state index contributed by atoms with van der Waals surface area (Å²) in [6.07, 6.45) is 2.17. The molecule has 0 saturated carbocycles. The average Bonchev–Trinajstić information content (AvgIpc) is 2.96. The molecule has 0 aliphatic rings. The van der Waals surface area contributed by atoms with Crippen molar-refractivity contribution in [2.24, 2.45) is 4.99 Å². The number of esters is 1. The van der Waals surface area contributed by atoms with Crippen molar-refractivity contribution < 1.29 is 32.3 Å². The maximum Gasteiger partial charge on any atom is 0.343 e. The Balaban J connectivity index is 2.55. The van der Waals surface area contributed by atoms with Gasteiger partial charge in [0, 0.05) is 17.8 Å². The predicted molar refractivity (Wildman–Crippen MR) is 81.9 cm³/mol. The Kier molecular flexibility index (Phi) is 5.58. The number of benzene rings is 1. The molecule has 0 fully saturated rings. The second-order valence-corrected chi connectivity index (χ2v) is 4.81. The van der Waals surface area contributed by atoms with Crippen molar-refractivity contribution in [2.75, 3.05) is 6.61 Å². The zero-order valence-electron chi connectivity index (χ0n) is 13.2. The third-order valence-corrected chi connectivity index (χ3v) is 3.05. The molecule has 0 aliphatic heterocycles. The van der Waals surface area contributed by atoms with Crippen LogP contribution in [-0.2, 0) is 9.53 Å². The molecule has 0 aliphatic carbocycles. The number of halogens is 3. The first-order valence-electron chi connectivity index (χ1n) is 7.05. The van der Waals surface area contributed by atoms with Crippen LogP contribution in [0.4, 0.5) is 19.0 Å². The van der Waals surface area contributed by atoms with Crippen LogP contribution in [0.5, 0.6) is 0 Å². The van der Waals surface area contributed by atoms with Crippen molar-refractivity contribution in [3.8, 4) is 0 Å². The van der Waals surface area contributed by atoms with E-state index in [4.69, 9.17) is 4.74 Å². The van der Waals surface area contributed by atoms with E-state index in [0.29, 0.717) is 11.6 Å². The lowest BCUT2D eigenvalue weighted by Gasteiger charge is -2.08. The molecule has 2 aromatic rings. The summed E-state index contributed by atoms with van der Waals surface area (Å²) in [5.74, 6) is -5.97. The molecule has 1 heterocycles. The molecule has 0 amide bonds. The van der Waals surface area contributed by atoms with Crippen molar-refractivity contribution in [1.82, 2.24) is 5.16 Å². The van der Waals surface area contributed by atoms with Crippen LogP contribution < -0.4 is 0 Å². The molecule has 1 aromatic heterocycles. The zero-order valence-corrected chi connectivity index (χ0v) is 13.2. The van der Waals surface area contributed by atoms with E-state index in [1.54, 1.807) is 6.92 Å². The Morgan fingerprint density at radius 3 is 2.60 bits per heavy atom. The van der Waals surface area contributed by atoms with Gasteiger partial charge in [-0.2, -0.15) is 0 Å². The number of carbonyl (C=O) groups is 1. The van der Waals surface area contributed by atoms with Crippen LogP contribution in [0, 0.1) is 24.4 Å². The van der Waals surface area contributed by atoms with Crippen LogP contribution in [0.1, 0.15) is 18.1 Å². The Hall–Kier alpha value is -3.10. The molecule has 25 heavy (non-hydrogen) atoms. The molecular formula is C16H13F3N2O4. The van der Waals surface area contributed by atoms with Crippen LogP contribution in [0.2, 0.25) is 0 Å². The van der Waals surface area contributed by atoms with Crippen LogP contribution in [0.15, 0.2) is 33.5 Å². The number of rotatable bonds is 5. The number of aliphatic hydroxyl groups is 1. The van der Waals surface area contributed by atoms with Gasteiger partial charge >= 0.3 is 5.97 Å². The monoisotopic (exact) mass is 354 g/mol. The van der Waals surface area contributed by atoms with Crippen molar-refractivity contribution in [2.45, 2.75) is 13.8 Å². The van der Waals surface area contributed by atoms with E-state index in [9.17, 15) is 23.1 Å². The van der Waals surface area contributed by atoms with Crippen molar-refractivity contribution in [3.63, 3.8) is 0 Å². The highest BCUT2D eigenvalue weighted by Crippen LogP contribution is 2.23. The highest BCUT2D eigenvalue weighted by Gasteiger charge is 2.21. The first-order valence-corrected chi connectivity index (χ1v) is 7.05. The lowest BCUT2D eigenvalue weighted by atomic mass is 10.1. The van der Waals surface area contributed by atoms with Gasteiger partial charge in [0.25, 0.3) is 0 Å². The summed E-state index contributed by atoms with van der Waals surface area (Å²) in [4.78, 5) is 15.8. The molecule has 132 valence electrons. The van der Waals surface area contributed by atoms with Crippen molar-refractivity contribution >= 4 is 23.8 Å². The number of aryl methyl sites for hydroxylation is 1. The van der Waals surface area contributed by atoms with E-state index < -0.39 is 40.3 Å². The lowest BCUT2D eigenvalue weighted by Crippen LogP contribution is -2.12. The Morgan fingerprint density at radius 1 is 1.32 bits per heavy atom. The van der Waals surface area contributed by atoms with Crippen LogP contribution in [0.3, 0.4) is 0 Å². The lowest BCUT2D eigenvalue weighted by molar-refractivity contribution is -0.137. The fraction of sp³-hybridized carbons (Fsp3) is 0.188. The molecule has 6 nitrogen and oxygen atoms in total. The van der Waals surface area contributed by atoms with Gasteiger partial charge < -0.3 is 14.4 Å². The SMILES string of the molecule is CCOC(=O)C(C=Nc1nocc1C)=C(O)c1cc(F)c(F)cc1F. The quantitative estimate of drug-likeness (QED) is 0.291. The molecule has 1 N–H and O–H groups in total. The van der Waals surface area contributed by atoms with Gasteiger partial charge in [-0.1, -0.05) is 5.16 Å². The smallest absolute Gasteiger partial charge is 0.343 e. The maximum absolute atomic E-state index is 13.8. The third-order valence-electron chi connectivity index (χ3n) is 3.05. The molecule has 1 aromatic carbocycles. The minimum absolute atomic E-state index is 0.0350. The van der Waals surface area contributed by atoms with E-state index in [1.165, 1.54) is 13.2 Å². The number of aliphatic imine (C=N–C) groups is 1. The fourth-order valence-corrected chi connectivity index (χ4v) is 1.80. The van der Waals surface area contributed by atoms with E-state index in [0.717, 1.165) is 6.21 Å². The second kappa shape index (κ2) is 7.65. The topological polar surface area (TPSA) is 84.9 Å². The summed E-state index contributed by atoms with van der Waals surface area (Å²) in [5.41, 5.74) is -0.739. The van der Waals surface area contributed by atoms with Crippen LogP contribution >= 0.6 is 0 Å². The average molecular weight is 354 g/mol. The van der Waals surface area contributed by atoms with Gasteiger partial charge in [-0.25, -0.2) is 23.0 Å². The van der Waals surface area contributed by atoms with Gasteiger partial charge in [-0.05, 0) is 19.9 Å². The van der Waals surface area contributed by atoms with E-state index in [2.05, 4.69) is 14.7 Å². The molecule has 0 unspecified atom stereocenters. The molecular weight excluding hydrogens is 341 g/mol. The largest absolute Gasteiger partial charge is 0.506 e. The van der Waals surface area contributed by atoms with Crippen LogP contribution in [-0.4, -0.2) is 29.1 Å². The van der Waals surface area contributed by atoms with Gasteiger partial charge in [0.1, 0.15) is 23.4 Å². The van der Waals surface area contributed by atoms with Crippen molar-refractivity contribution in [1.29, 1.82) is 0 Å². The first kappa shape index (κ1) is 18.2. The maximum atomic E-state index is 13.8. The molecule has 0 radical (unpaired) electrons. The van der Waals surface area contributed by atoms with Gasteiger partial charge in [0.15, 0.2) is 17.5 Å². The van der Waals surface area contributed by atoms with Crippen LogP contribution in [0.25, 0.3) is 5.76 Å². The summed E-state index contributed by atoms with van der Waals surface area (Å²) >= 11 is 0. The number of hydrogen-bond acceptors (Lipinski definition) is 6. The van der Waals surface area contributed by atoms with Gasteiger partial charge in [-0.3, -0.25) is 0 Å². The van der Waals surface area contributed by atoms with Gasteiger partial charge in [0.05, 0.1) is 12.2 Å². The number of aromatic nitrogens is 1. The number of nitrogens with zero attached hydrogens (tertiary/aromatic N) is 2. The Labute approximate surface area is 140 Å². The number of hydrogen-bond donors (Lipinski definition) is 1. The van der Waals surface area contributed by atoms with E-state index in [1.807, 2.05) is 0 Å². The third kappa shape index (κ3) is 4.06. The summed E-state index contributed by atoms with van der Waals surface area (Å²) in [6, 6.07) is 0.678. The summed E-state index contributed by atoms with van der Waals surface area (Å²) in [6.45, 7) is 3.11. The molecule has 0 atom stereocenters. The minimum Gasteiger partial charge on any atom is -0.506 e. The summed E-state index contributed by atoms with van der Waals surface area (Å²) in [5, 5.41) is 13.7. The summed E-state index contributed by atoms with van der Waals surface area (Å²) in [7, 11) is 0. The molecule has 9 heteroatoms. The minimum atomic E-state index is -1.43. The predicted octanol–water partition coefficient (Wildman–Crippen LogP) is 3.64. The first-order chi connectivity index (χ1) is 11.8. The van der Waals surface area contributed by atoms with E-state index in [-0.39, 0.29) is 18.5 Å². The fourth-order valence-electron chi connectivity index (χ4n) is 1.80. The summed E-state index contributed by atoms with van der Waals surface area (Å²) < 4.78 is 49.6. The van der Waals surface area contributed by atoms with E-state index >= 15 is 0 Å². The number of carbonyl (C=O) groups excluding carboxylic acids is 1. The number of aliphatic hydroxyl groups excluding tert-OH is 1. The molecule has 0 bridgehead atoms. The Bertz CT molecular complexity index is 859. The van der Waals surface area contributed by atoms with Gasteiger partial charge in [-0.15, -0.1) is 0 Å². The van der Waals surface area contributed by atoms with Gasteiger partial charge in [0.2, 0.25) is 0 Å². The number of ether oxygens (including phenoxy) is 1. The standard InChI is InChI=1S/C16H13F3N2O4/c1-3-24-16(23)10(6-20-15-8(2)7-25-21-15)14(22)9-4-12(18)13(19)5-11(9)17/h4-7,22H,3H2,1-2H3. The molecule has 0 saturated heterocycles. The zero-order chi connectivity index (χ0) is 18.6. The highest BCUT2D eigenvalue weighted by molar-refractivity contribution is 6.15. The normalized spacial score (nSPS) is 12.4. The highest BCUT2D eigenvalue weighted by atomic mass is 19.2. The van der Waals surface area contributed by atoms with Crippen molar-refractivity contribution in [3.05, 3.63) is 52.5 Å².